The highest BCUT2D eigenvalue weighted by Crippen LogP contribution is 1.44. The summed E-state index contributed by atoms with van der Waals surface area (Å²) in [6, 6.07) is 0. The SMILES string of the molecule is B.NCC(=O)O.NCC(=O)O. The lowest BCUT2D eigenvalue weighted by Crippen LogP contribution is -2.10. The van der Waals surface area contributed by atoms with E-state index >= 15 is 0 Å². The lowest BCUT2D eigenvalue weighted by atomic mass is 10.7. The van der Waals surface area contributed by atoms with Gasteiger partial charge in [-0.1, -0.05) is 0 Å². The van der Waals surface area contributed by atoms with Gasteiger partial charge in [-0.3, -0.25) is 9.59 Å². The van der Waals surface area contributed by atoms with Gasteiger partial charge >= 0.3 is 11.9 Å². The van der Waals surface area contributed by atoms with E-state index in [1.54, 1.807) is 0 Å². The van der Waals surface area contributed by atoms with Gasteiger partial charge in [0.2, 0.25) is 0 Å². The van der Waals surface area contributed by atoms with Crippen LogP contribution in [-0.4, -0.2) is 43.7 Å². The van der Waals surface area contributed by atoms with Crippen LogP contribution in [0.2, 0.25) is 0 Å². The van der Waals surface area contributed by atoms with Gasteiger partial charge in [-0.15, -0.1) is 0 Å². The quantitative estimate of drug-likeness (QED) is 0.319. The van der Waals surface area contributed by atoms with Crippen LogP contribution in [0.3, 0.4) is 0 Å². The zero-order valence-corrected chi connectivity index (χ0v) is 5.28. The molecule has 0 amide bonds. The Kier molecular flexibility index (Phi) is 17.5. The first-order valence-electron chi connectivity index (χ1n) is 2.38. The predicted molar refractivity (Wildman–Crippen MR) is 43.3 cm³/mol. The van der Waals surface area contributed by atoms with Crippen LogP contribution in [0, 0.1) is 0 Å². The molecular weight excluding hydrogens is 151 g/mol. The van der Waals surface area contributed by atoms with E-state index in [2.05, 4.69) is 11.5 Å². The van der Waals surface area contributed by atoms with Crippen LogP contribution < -0.4 is 11.5 Å². The van der Waals surface area contributed by atoms with Crippen molar-refractivity contribution >= 4 is 20.4 Å². The van der Waals surface area contributed by atoms with Crippen molar-refractivity contribution in [2.75, 3.05) is 13.1 Å². The van der Waals surface area contributed by atoms with E-state index in [1.807, 2.05) is 0 Å². The molecule has 0 fully saturated rings. The molecule has 0 heterocycles. The Hall–Kier alpha value is -1.08. The van der Waals surface area contributed by atoms with Crippen LogP contribution in [0.1, 0.15) is 0 Å². The summed E-state index contributed by atoms with van der Waals surface area (Å²) in [7, 11) is 0. The number of carbonyl (C=O) groups is 2. The molecule has 6 N–H and O–H groups in total. The third-order valence-electron chi connectivity index (χ3n) is 0.349. The zero-order chi connectivity index (χ0) is 8.57. The predicted octanol–water partition coefficient (Wildman–Crippen LogP) is -3.12. The Morgan fingerprint density at radius 2 is 1.09 bits per heavy atom. The molecule has 6 nitrogen and oxygen atoms in total. The minimum atomic E-state index is -0.968. The molecule has 0 aromatic rings. The van der Waals surface area contributed by atoms with Crippen LogP contribution in [0.4, 0.5) is 0 Å². The molecule has 66 valence electrons. The summed E-state index contributed by atoms with van der Waals surface area (Å²) < 4.78 is 0. The smallest absolute Gasteiger partial charge is 0.317 e. The number of hydrogen-bond acceptors (Lipinski definition) is 4. The normalized spacial score (nSPS) is 6.73. The van der Waals surface area contributed by atoms with E-state index in [0.29, 0.717) is 0 Å². The minimum Gasteiger partial charge on any atom is -0.480 e. The fraction of sp³-hybridized carbons (Fsp3) is 0.500. The number of nitrogens with two attached hydrogens (primary N) is 2. The number of rotatable bonds is 2. The second-order valence-electron chi connectivity index (χ2n) is 1.20. The van der Waals surface area contributed by atoms with Crippen LogP contribution in [0.15, 0.2) is 0 Å². The van der Waals surface area contributed by atoms with Crippen LogP contribution in [0.5, 0.6) is 0 Å². The summed E-state index contributed by atoms with van der Waals surface area (Å²) in [5, 5.41) is 15.2. The van der Waals surface area contributed by atoms with Crippen molar-refractivity contribution in [1.82, 2.24) is 0 Å². The highest BCUT2D eigenvalue weighted by atomic mass is 16.4. The molecule has 0 aliphatic carbocycles. The van der Waals surface area contributed by atoms with Gasteiger partial charge in [0.25, 0.3) is 0 Å². The first-order valence-corrected chi connectivity index (χ1v) is 2.38. The summed E-state index contributed by atoms with van der Waals surface area (Å²) in [6.07, 6.45) is 0. The average Bonchev–Trinajstić information content (AvgIpc) is 1.89. The second-order valence-corrected chi connectivity index (χ2v) is 1.20. The van der Waals surface area contributed by atoms with Gasteiger partial charge in [0.1, 0.15) is 0 Å². The summed E-state index contributed by atoms with van der Waals surface area (Å²) >= 11 is 0. The van der Waals surface area contributed by atoms with Crippen molar-refractivity contribution in [3.05, 3.63) is 0 Å². The lowest BCUT2D eigenvalue weighted by Gasteiger charge is -1.73. The highest BCUT2D eigenvalue weighted by molar-refractivity contribution is 5.75. The van der Waals surface area contributed by atoms with E-state index in [4.69, 9.17) is 10.2 Å². The molecule has 0 radical (unpaired) electrons. The van der Waals surface area contributed by atoms with Crippen LogP contribution >= 0.6 is 0 Å². The van der Waals surface area contributed by atoms with Gasteiger partial charge in [-0.05, 0) is 0 Å². The first-order chi connectivity index (χ1) is 4.54. The van der Waals surface area contributed by atoms with E-state index in [0.717, 1.165) is 0 Å². The maximum atomic E-state index is 9.24. The Balaban J connectivity index is -0.000000107. The molecule has 0 aliphatic heterocycles. The Morgan fingerprint density at radius 1 is 1.00 bits per heavy atom. The van der Waals surface area contributed by atoms with E-state index in [9.17, 15) is 9.59 Å². The van der Waals surface area contributed by atoms with Crippen molar-refractivity contribution in [3.63, 3.8) is 0 Å². The molecule has 11 heavy (non-hydrogen) atoms. The fourth-order valence-electron chi connectivity index (χ4n) is 0. The Bertz CT molecular complexity index is 105. The molecule has 0 saturated carbocycles. The summed E-state index contributed by atoms with van der Waals surface area (Å²) in [5.41, 5.74) is 9.14. The molecule has 0 aromatic carbocycles. The number of aliphatic carboxylic acids is 2. The molecule has 0 saturated heterocycles. The molecule has 0 aromatic heterocycles. The third kappa shape index (κ3) is 50.0. The Labute approximate surface area is 65.8 Å². The minimum absolute atomic E-state index is 0. The molecular formula is C4H13BN2O4. The van der Waals surface area contributed by atoms with Gasteiger partial charge < -0.3 is 21.7 Å². The van der Waals surface area contributed by atoms with Gasteiger partial charge in [-0.25, -0.2) is 0 Å². The molecule has 7 heteroatoms. The van der Waals surface area contributed by atoms with Crippen molar-refractivity contribution in [2.24, 2.45) is 11.5 Å². The van der Waals surface area contributed by atoms with E-state index in [-0.39, 0.29) is 21.5 Å². The molecule has 0 aliphatic rings. The molecule has 0 spiro atoms. The molecule has 0 unspecified atom stereocenters. The van der Waals surface area contributed by atoms with Crippen molar-refractivity contribution < 1.29 is 19.8 Å². The van der Waals surface area contributed by atoms with Crippen LogP contribution in [-0.2, 0) is 9.59 Å². The monoisotopic (exact) mass is 164 g/mol. The standard InChI is InChI=1S/2C2H5NO2.BH3/c2*3-1-2(4)5;/h2*1,3H2,(H,4,5);1H3. The largest absolute Gasteiger partial charge is 0.480 e. The highest BCUT2D eigenvalue weighted by Gasteiger charge is 1.81. The van der Waals surface area contributed by atoms with E-state index in [1.165, 1.54) is 0 Å². The topological polar surface area (TPSA) is 127 Å². The van der Waals surface area contributed by atoms with Crippen molar-refractivity contribution in [3.8, 4) is 0 Å². The van der Waals surface area contributed by atoms with Crippen molar-refractivity contribution in [1.29, 1.82) is 0 Å². The number of carboxylic acids is 2. The van der Waals surface area contributed by atoms with Gasteiger partial charge in [-0.2, -0.15) is 0 Å². The number of hydrogen-bond donors (Lipinski definition) is 4. The molecule has 0 rings (SSSR count). The lowest BCUT2D eigenvalue weighted by molar-refractivity contribution is -0.136. The maximum absolute atomic E-state index is 9.24. The number of carboxylic acid groups (broad SMARTS) is 2. The van der Waals surface area contributed by atoms with Gasteiger partial charge in [0, 0.05) is 0 Å². The summed E-state index contributed by atoms with van der Waals surface area (Å²) in [6.45, 7) is -0.556. The second kappa shape index (κ2) is 11.7. The zero-order valence-electron chi connectivity index (χ0n) is 5.28. The van der Waals surface area contributed by atoms with Gasteiger partial charge in [0.05, 0.1) is 21.5 Å². The summed E-state index contributed by atoms with van der Waals surface area (Å²) in [5.74, 6) is -1.94. The van der Waals surface area contributed by atoms with Gasteiger partial charge in [0.15, 0.2) is 0 Å². The van der Waals surface area contributed by atoms with Crippen molar-refractivity contribution in [2.45, 2.75) is 0 Å². The Morgan fingerprint density at radius 3 is 1.09 bits per heavy atom. The molecule has 0 atom stereocenters. The summed E-state index contributed by atoms with van der Waals surface area (Å²) in [4.78, 5) is 18.5. The maximum Gasteiger partial charge on any atom is 0.317 e. The average molecular weight is 164 g/mol. The van der Waals surface area contributed by atoms with E-state index < -0.39 is 11.9 Å². The molecule has 0 bridgehead atoms. The fourth-order valence-corrected chi connectivity index (χ4v) is 0. The third-order valence-corrected chi connectivity index (χ3v) is 0.349. The van der Waals surface area contributed by atoms with Crippen LogP contribution in [0.25, 0.3) is 0 Å². The first kappa shape index (κ1) is 16.5.